The smallest absolute Gasteiger partial charge is 0.253 e. The maximum atomic E-state index is 12.5. The Bertz CT molecular complexity index is 626. The molecule has 1 aromatic carbocycles. The molecule has 1 atom stereocenters. The quantitative estimate of drug-likeness (QED) is 0.794. The van der Waals surface area contributed by atoms with E-state index in [1.807, 2.05) is 4.90 Å². The van der Waals surface area contributed by atoms with Crippen LogP contribution in [-0.4, -0.2) is 50.0 Å². The Morgan fingerprint density at radius 1 is 1.31 bits per heavy atom. The zero-order valence-electron chi connectivity index (χ0n) is 15.3. The molecule has 2 amide bonds. The number of hydrogen-bond donors (Lipinski definition) is 2. The Hall–Kier alpha value is -1.79. The number of halogens is 1. The third-order valence-corrected chi connectivity index (χ3v) is 5.06. The topological polar surface area (TPSA) is 70.7 Å². The molecule has 3 rings (SSSR count). The van der Waals surface area contributed by atoms with Gasteiger partial charge >= 0.3 is 0 Å². The predicted octanol–water partition coefficient (Wildman–Crippen LogP) is 2.68. The number of benzene rings is 1. The van der Waals surface area contributed by atoms with Gasteiger partial charge in [-0.25, -0.2) is 0 Å². The minimum atomic E-state index is -0.0315. The Morgan fingerprint density at radius 3 is 2.73 bits per heavy atom. The van der Waals surface area contributed by atoms with E-state index in [0.29, 0.717) is 29.3 Å². The summed E-state index contributed by atoms with van der Waals surface area (Å²) < 4.78 is 5.33. The molecule has 144 valence electrons. The average molecular weight is 382 g/mol. The summed E-state index contributed by atoms with van der Waals surface area (Å²) in [6.07, 6.45) is 4.62. The number of likely N-dealkylation sites (tertiary alicyclic amines) is 1. The van der Waals surface area contributed by atoms with Crippen molar-refractivity contribution in [2.45, 2.75) is 32.1 Å². The van der Waals surface area contributed by atoms with E-state index in [1.54, 1.807) is 25.3 Å². The van der Waals surface area contributed by atoms with Gasteiger partial charge < -0.3 is 20.3 Å². The largest absolute Gasteiger partial charge is 0.495 e. The lowest BCUT2D eigenvalue weighted by Crippen LogP contribution is -2.27. The van der Waals surface area contributed by atoms with Crippen molar-refractivity contribution in [3.8, 4) is 5.75 Å². The second-order valence-electron chi connectivity index (χ2n) is 6.86. The van der Waals surface area contributed by atoms with Crippen molar-refractivity contribution in [1.82, 2.24) is 10.2 Å². The number of ether oxygens (including phenoxy) is 1. The van der Waals surface area contributed by atoms with Gasteiger partial charge in [0.1, 0.15) is 5.75 Å². The van der Waals surface area contributed by atoms with Crippen LogP contribution in [-0.2, 0) is 4.79 Å². The summed E-state index contributed by atoms with van der Waals surface area (Å²) in [5.74, 6) is 1.15. The molecule has 0 radical (unpaired) electrons. The molecule has 2 aliphatic heterocycles. The van der Waals surface area contributed by atoms with Crippen LogP contribution in [0.1, 0.15) is 42.5 Å². The third-order valence-electron chi connectivity index (χ3n) is 5.06. The van der Waals surface area contributed by atoms with E-state index in [1.165, 1.54) is 0 Å². The van der Waals surface area contributed by atoms with Crippen LogP contribution in [0.25, 0.3) is 0 Å². The van der Waals surface area contributed by atoms with Gasteiger partial charge in [-0.2, -0.15) is 0 Å². The van der Waals surface area contributed by atoms with Crippen LogP contribution >= 0.6 is 12.4 Å². The van der Waals surface area contributed by atoms with Crippen LogP contribution in [0.15, 0.2) is 18.2 Å². The van der Waals surface area contributed by atoms with Gasteiger partial charge in [0, 0.05) is 25.1 Å². The Balaban J connectivity index is 0.00000243. The van der Waals surface area contributed by atoms with Gasteiger partial charge in [-0.1, -0.05) is 0 Å². The van der Waals surface area contributed by atoms with E-state index in [4.69, 9.17) is 4.74 Å². The summed E-state index contributed by atoms with van der Waals surface area (Å²) in [6.45, 7) is 3.65. The van der Waals surface area contributed by atoms with E-state index in [2.05, 4.69) is 10.6 Å². The van der Waals surface area contributed by atoms with Gasteiger partial charge in [0.15, 0.2) is 0 Å². The molecule has 2 aliphatic rings. The maximum absolute atomic E-state index is 12.5. The highest BCUT2D eigenvalue weighted by Crippen LogP contribution is 2.27. The molecule has 0 bridgehead atoms. The summed E-state index contributed by atoms with van der Waals surface area (Å²) in [6, 6.07) is 5.24. The SMILES string of the molecule is COc1ccc(C(=O)N2CCCC2)cc1NC(=O)CCC1CCNC1.Cl. The average Bonchev–Trinajstić information content (AvgIpc) is 3.33. The number of amides is 2. The van der Waals surface area contributed by atoms with Crippen molar-refractivity contribution in [2.24, 2.45) is 5.92 Å². The zero-order chi connectivity index (χ0) is 17.6. The van der Waals surface area contributed by atoms with E-state index in [0.717, 1.165) is 51.9 Å². The van der Waals surface area contributed by atoms with E-state index in [-0.39, 0.29) is 24.2 Å². The van der Waals surface area contributed by atoms with Crippen molar-refractivity contribution in [1.29, 1.82) is 0 Å². The molecular weight excluding hydrogens is 354 g/mol. The second kappa shape index (κ2) is 9.78. The van der Waals surface area contributed by atoms with E-state index < -0.39 is 0 Å². The first-order valence-corrected chi connectivity index (χ1v) is 9.15. The highest BCUT2D eigenvalue weighted by molar-refractivity contribution is 5.98. The third kappa shape index (κ3) is 5.11. The summed E-state index contributed by atoms with van der Waals surface area (Å²) in [5, 5.41) is 6.23. The Labute approximate surface area is 161 Å². The van der Waals surface area contributed by atoms with Crippen molar-refractivity contribution in [3.63, 3.8) is 0 Å². The van der Waals surface area contributed by atoms with Gasteiger partial charge in [-0.15, -0.1) is 12.4 Å². The predicted molar refractivity (Wildman–Crippen MR) is 104 cm³/mol. The Morgan fingerprint density at radius 2 is 2.08 bits per heavy atom. The van der Waals surface area contributed by atoms with Gasteiger partial charge in [0.05, 0.1) is 12.8 Å². The summed E-state index contributed by atoms with van der Waals surface area (Å²) in [5.41, 5.74) is 1.17. The first kappa shape index (κ1) is 20.5. The first-order valence-electron chi connectivity index (χ1n) is 9.15. The molecule has 2 heterocycles. The molecule has 1 unspecified atom stereocenters. The minimum absolute atomic E-state index is 0. The fourth-order valence-electron chi connectivity index (χ4n) is 3.55. The molecule has 0 aromatic heterocycles. The highest BCUT2D eigenvalue weighted by Gasteiger charge is 2.21. The lowest BCUT2D eigenvalue weighted by Gasteiger charge is -2.17. The number of nitrogens with one attached hydrogen (secondary N) is 2. The number of methoxy groups -OCH3 is 1. The summed E-state index contributed by atoms with van der Waals surface area (Å²) >= 11 is 0. The molecule has 26 heavy (non-hydrogen) atoms. The number of anilines is 1. The van der Waals surface area contributed by atoms with Crippen LogP contribution in [0.2, 0.25) is 0 Å². The molecule has 6 nitrogen and oxygen atoms in total. The standard InChI is InChI=1S/C19H27N3O3.ClH/c1-25-17-6-5-15(19(24)22-10-2-3-11-22)12-16(17)21-18(23)7-4-14-8-9-20-13-14;/h5-6,12,14,20H,2-4,7-11,13H2,1H3,(H,21,23);1H. The van der Waals surface area contributed by atoms with Gasteiger partial charge in [0.25, 0.3) is 5.91 Å². The molecule has 2 saturated heterocycles. The molecule has 0 aliphatic carbocycles. The zero-order valence-corrected chi connectivity index (χ0v) is 16.1. The first-order chi connectivity index (χ1) is 12.2. The lowest BCUT2D eigenvalue weighted by atomic mass is 10.0. The fraction of sp³-hybridized carbons (Fsp3) is 0.579. The van der Waals surface area contributed by atoms with Crippen molar-refractivity contribution >= 4 is 29.9 Å². The molecule has 7 heteroatoms. The van der Waals surface area contributed by atoms with Crippen molar-refractivity contribution in [2.75, 3.05) is 38.6 Å². The molecule has 0 saturated carbocycles. The molecule has 2 N–H and O–H groups in total. The maximum Gasteiger partial charge on any atom is 0.253 e. The Kier molecular flexibility index (Phi) is 7.72. The second-order valence-corrected chi connectivity index (χ2v) is 6.86. The molecule has 2 fully saturated rings. The van der Waals surface area contributed by atoms with Crippen LogP contribution in [0, 0.1) is 5.92 Å². The van der Waals surface area contributed by atoms with Crippen molar-refractivity contribution in [3.05, 3.63) is 23.8 Å². The lowest BCUT2D eigenvalue weighted by molar-refractivity contribution is -0.116. The normalized spacial score (nSPS) is 19.1. The van der Waals surface area contributed by atoms with Gasteiger partial charge in [-0.3, -0.25) is 9.59 Å². The van der Waals surface area contributed by atoms with E-state index >= 15 is 0 Å². The van der Waals surface area contributed by atoms with Crippen molar-refractivity contribution < 1.29 is 14.3 Å². The number of nitrogens with zero attached hydrogens (tertiary/aromatic N) is 1. The molecule has 1 aromatic rings. The van der Waals surface area contributed by atoms with Crippen LogP contribution in [0.5, 0.6) is 5.75 Å². The van der Waals surface area contributed by atoms with Crippen LogP contribution in [0.4, 0.5) is 5.69 Å². The van der Waals surface area contributed by atoms with Crippen LogP contribution in [0.3, 0.4) is 0 Å². The molecule has 0 spiro atoms. The number of carbonyl (C=O) groups excluding carboxylic acids is 2. The van der Waals surface area contributed by atoms with Gasteiger partial charge in [0.2, 0.25) is 5.91 Å². The number of carbonyl (C=O) groups is 2. The van der Waals surface area contributed by atoms with Gasteiger partial charge in [-0.05, 0) is 62.9 Å². The minimum Gasteiger partial charge on any atom is -0.495 e. The monoisotopic (exact) mass is 381 g/mol. The summed E-state index contributed by atoms with van der Waals surface area (Å²) in [7, 11) is 1.57. The van der Waals surface area contributed by atoms with Crippen LogP contribution < -0.4 is 15.4 Å². The van der Waals surface area contributed by atoms with E-state index in [9.17, 15) is 9.59 Å². The number of rotatable bonds is 6. The molecular formula is C19H28ClN3O3. The summed E-state index contributed by atoms with van der Waals surface area (Å²) in [4.78, 5) is 26.7. The fourth-order valence-corrected chi connectivity index (χ4v) is 3.55. The number of hydrogen-bond acceptors (Lipinski definition) is 4. The highest BCUT2D eigenvalue weighted by atomic mass is 35.5.